The van der Waals surface area contributed by atoms with E-state index in [1.165, 1.54) is 10.9 Å². The molecule has 1 atom stereocenters. The van der Waals surface area contributed by atoms with Crippen molar-refractivity contribution >= 4 is 39.4 Å². The third kappa shape index (κ3) is 3.80. The predicted octanol–water partition coefficient (Wildman–Crippen LogP) is 0.612. The summed E-state index contributed by atoms with van der Waals surface area (Å²) in [4.78, 5) is 0.0720. The zero-order valence-electron chi connectivity index (χ0n) is 10.7. The first-order valence-corrected chi connectivity index (χ1v) is 9.73. The molecule has 3 N–H and O–H groups in total. The standard InChI is InChI=1S/C10H18N4O2S3/c1-2-14-6-9(10(11)13-14)19(15,16)12-5-8-7-17-3-4-18-8/h6,8,12H,2-5,7H2,1H3,(H2,11,13). The lowest BCUT2D eigenvalue weighted by Gasteiger charge is -2.20. The third-order valence-corrected chi connectivity index (χ3v) is 7.04. The number of rotatable bonds is 5. The van der Waals surface area contributed by atoms with Crippen molar-refractivity contribution in [2.75, 3.05) is 29.5 Å². The molecule has 1 fully saturated rings. The number of anilines is 1. The fraction of sp³-hybridized carbons (Fsp3) is 0.700. The number of nitrogen functional groups attached to an aromatic ring is 1. The fourth-order valence-corrected chi connectivity index (χ4v) is 5.59. The minimum absolute atomic E-state index is 0.0556. The minimum atomic E-state index is -3.56. The summed E-state index contributed by atoms with van der Waals surface area (Å²) in [5, 5.41) is 4.29. The van der Waals surface area contributed by atoms with Crippen LogP contribution in [0.15, 0.2) is 11.1 Å². The van der Waals surface area contributed by atoms with Gasteiger partial charge in [-0.1, -0.05) is 0 Å². The molecule has 1 saturated heterocycles. The zero-order valence-corrected chi connectivity index (χ0v) is 13.2. The van der Waals surface area contributed by atoms with E-state index in [0.29, 0.717) is 18.3 Å². The van der Waals surface area contributed by atoms with Crippen LogP contribution in [-0.2, 0) is 16.6 Å². The van der Waals surface area contributed by atoms with Crippen LogP contribution in [0.25, 0.3) is 0 Å². The smallest absolute Gasteiger partial charge is 0.245 e. The van der Waals surface area contributed by atoms with E-state index in [-0.39, 0.29) is 10.7 Å². The molecule has 1 aliphatic rings. The highest BCUT2D eigenvalue weighted by Gasteiger charge is 2.23. The Morgan fingerprint density at radius 2 is 2.37 bits per heavy atom. The highest BCUT2D eigenvalue weighted by atomic mass is 32.2. The molecule has 0 saturated carbocycles. The van der Waals surface area contributed by atoms with Gasteiger partial charge in [-0.05, 0) is 6.92 Å². The van der Waals surface area contributed by atoms with Crippen molar-refractivity contribution in [2.24, 2.45) is 0 Å². The molecule has 2 rings (SSSR count). The molecule has 0 aliphatic carbocycles. The van der Waals surface area contributed by atoms with E-state index < -0.39 is 10.0 Å². The number of nitrogens with zero attached hydrogens (tertiary/aromatic N) is 2. The van der Waals surface area contributed by atoms with Gasteiger partial charge in [-0.15, -0.1) is 0 Å². The fourth-order valence-electron chi connectivity index (χ4n) is 1.72. The first-order valence-electron chi connectivity index (χ1n) is 6.05. The molecular formula is C10H18N4O2S3. The normalized spacial score (nSPS) is 20.6. The van der Waals surface area contributed by atoms with Gasteiger partial charge in [0.2, 0.25) is 10.0 Å². The van der Waals surface area contributed by atoms with E-state index in [1.807, 2.05) is 30.4 Å². The number of nitrogens with one attached hydrogen (secondary N) is 1. The molecule has 0 bridgehead atoms. The summed E-state index contributed by atoms with van der Waals surface area (Å²) in [6.07, 6.45) is 1.47. The quantitative estimate of drug-likeness (QED) is 0.825. The van der Waals surface area contributed by atoms with Gasteiger partial charge < -0.3 is 5.73 Å². The van der Waals surface area contributed by atoms with Gasteiger partial charge in [0.05, 0.1) is 0 Å². The Kier molecular flexibility index (Phi) is 5.04. The number of hydrogen-bond acceptors (Lipinski definition) is 6. The highest BCUT2D eigenvalue weighted by molar-refractivity contribution is 8.06. The topological polar surface area (TPSA) is 90.0 Å². The average Bonchev–Trinajstić information content (AvgIpc) is 2.80. The Morgan fingerprint density at radius 1 is 1.58 bits per heavy atom. The molecule has 0 spiro atoms. The summed E-state index contributed by atoms with van der Waals surface area (Å²) < 4.78 is 28.5. The van der Waals surface area contributed by atoms with Crippen LogP contribution in [-0.4, -0.2) is 47.3 Å². The summed E-state index contributed by atoms with van der Waals surface area (Å²) in [6.45, 7) is 2.91. The monoisotopic (exact) mass is 322 g/mol. The Balaban J connectivity index is 2.02. The molecule has 0 radical (unpaired) electrons. The summed E-state index contributed by atoms with van der Waals surface area (Å²) in [6, 6.07) is 0. The van der Waals surface area contributed by atoms with Crippen LogP contribution in [0.3, 0.4) is 0 Å². The number of nitrogens with two attached hydrogens (primary N) is 1. The molecule has 1 aliphatic heterocycles. The number of aromatic nitrogens is 2. The van der Waals surface area contributed by atoms with Crippen molar-refractivity contribution in [3.05, 3.63) is 6.20 Å². The largest absolute Gasteiger partial charge is 0.381 e. The molecule has 2 heterocycles. The summed E-state index contributed by atoms with van der Waals surface area (Å²) in [5.74, 6) is 3.26. The molecule has 0 amide bonds. The summed E-state index contributed by atoms with van der Waals surface area (Å²) in [5.41, 5.74) is 5.65. The number of hydrogen-bond donors (Lipinski definition) is 2. The Labute approximate surface area is 121 Å². The van der Waals surface area contributed by atoms with Crippen LogP contribution in [0, 0.1) is 0 Å². The molecule has 9 heteroatoms. The van der Waals surface area contributed by atoms with Gasteiger partial charge in [-0.3, -0.25) is 4.68 Å². The second-order valence-electron chi connectivity index (χ2n) is 4.15. The molecule has 1 aromatic rings. The van der Waals surface area contributed by atoms with Crippen molar-refractivity contribution in [2.45, 2.75) is 23.6 Å². The van der Waals surface area contributed by atoms with Crippen LogP contribution in [0.1, 0.15) is 6.92 Å². The predicted molar refractivity (Wildman–Crippen MR) is 81.1 cm³/mol. The lowest BCUT2D eigenvalue weighted by molar-refractivity contribution is 0.581. The number of aryl methyl sites for hydroxylation is 1. The first-order chi connectivity index (χ1) is 9.03. The molecular weight excluding hydrogens is 304 g/mol. The van der Waals surface area contributed by atoms with Gasteiger partial charge >= 0.3 is 0 Å². The van der Waals surface area contributed by atoms with Gasteiger partial charge in [0.15, 0.2) is 5.82 Å². The zero-order chi connectivity index (χ0) is 13.9. The van der Waals surface area contributed by atoms with Crippen molar-refractivity contribution in [3.63, 3.8) is 0 Å². The molecule has 108 valence electrons. The van der Waals surface area contributed by atoms with E-state index in [9.17, 15) is 8.42 Å². The molecule has 1 unspecified atom stereocenters. The summed E-state index contributed by atoms with van der Waals surface area (Å²) in [7, 11) is -3.56. The van der Waals surface area contributed by atoms with Gasteiger partial charge in [0.25, 0.3) is 0 Å². The lowest BCUT2D eigenvalue weighted by atomic mass is 10.5. The van der Waals surface area contributed by atoms with Gasteiger partial charge in [-0.2, -0.15) is 28.6 Å². The Morgan fingerprint density at radius 3 is 2.95 bits per heavy atom. The molecule has 1 aromatic heterocycles. The second-order valence-corrected chi connectivity index (χ2v) is 8.45. The number of sulfonamides is 1. The Hall–Kier alpha value is -0.380. The average molecular weight is 322 g/mol. The third-order valence-electron chi connectivity index (χ3n) is 2.75. The van der Waals surface area contributed by atoms with Crippen molar-refractivity contribution in [1.82, 2.24) is 14.5 Å². The Bertz CT molecular complexity index is 523. The lowest BCUT2D eigenvalue weighted by Crippen LogP contribution is -2.33. The maximum atomic E-state index is 12.2. The second kappa shape index (κ2) is 6.38. The van der Waals surface area contributed by atoms with Crippen LogP contribution in [0.4, 0.5) is 5.82 Å². The van der Waals surface area contributed by atoms with Crippen molar-refractivity contribution < 1.29 is 8.42 Å². The van der Waals surface area contributed by atoms with Crippen molar-refractivity contribution in [3.8, 4) is 0 Å². The van der Waals surface area contributed by atoms with Gasteiger partial charge in [0, 0.05) is 41.8 Å². The van der Waals surface area contributed by atoms with Crippen molar-refractivity contribution in [1.29, 1.82) is 0 Å². The van der Waals surface area contributed by atoms with Gasteiger partial charge in [-0.25, -0.2) is 13.1 Å². The van der Waals surface area contributed by atoms with E-state index in [0.717, 1.165) is 17.3 Å². The summed E-state index contributed by atoms with van der Waals surface area (Å²) >= 11 is 3.68. The van der Waals surface area contributed by atoms with Crippen LogP contribution < -0.4 is 10.5 Å². The molecule has 0 aromatic carbocycles. The SMILES string of the molecule is CCn1cc(S(=O)(=O)NCC2CSCCS2)c(N)n1. The van der Waals surface area contributed by atoms with Crippen LogP contribution in [0.2, 0.25) is 0 Å². The molecule has 19 heavy (non-hydrogen) atoms. The van der Waals surface area contributed by atoms with E-state index in [1.54, 1.807) is 0 Å². The highest BCUT2D eigenvalue weighted by Crippen LogP contribution is 2.24. The van der Waals surface area contributed by atoms with E-state index >= 15 is 0 Å². The maximum Gasteiger partial charge on any atom is 0.245 e. The van der Waals surface area contributed by atoms with Crippen LogP contribution >= 0.6 is 23.5 Å². The van der Waals surface area contributed by atoms with Crippen LogP contribution in [0.5, 0.6) is 0 Å². The van der Waals surface area contributed by atoms with E-state index in [4.69, 9.17) is 5.73 Å². The number of thioether (sulfide) groups is 2. The maximum absolute atomic E-state index is 12.2. The van der Waals surface area contributed by atoms with E-state index in [2.05, 4.69) is 9.82 Å². The minimum Gasteiger partial charge on any atom is -0.381 e. The first kappa shape index (κ1) is 15.0. The van der Waals surface area contributed by atoms with Gasteiger partial charge in [0.1, 0.15) is 4.90 Å². The molecule has 6 nitrogen and oxygen atoms in total.